The lowest BCUT2D eigenvalue weighted by molar-refractivity contribution is -0.129. The van der Waals surface area contributed by atoms with E-state index in [1.165, 1.54) is 16.4 Å². The highest BCUT2D eigenvalue weighted by molar-refractivity contribution is 7.89. The van der Waals surface area contributed by atoms with Crippen molar-refractivity contribution in [2.24, 2.45) is 5.92 Å². The molecule has 0 saturated carbocycles. The van der Waals surface area contributed by atoms with Gasteiger partial charge in [-0.25, -0.2) is 8.42 Å². The van der Waals surface area contributed by atoms with E-state index in [9.17, 15) is 18.0 Å². The zero-order chi connectivity index (χ0) is 21.7. The van der Waals surface area contributed by atoms with Crippen LogP contribution in [0.15, 0.2) is 29.2 Å². The fourth-order valence-electron chi connectivity index (χ4n) is 3.16. The standard InChI is InChI=1S/C20H31N3O5S/c1-5-28-16-6-8-17(9-7-16)29(26,27)23-12-10-15(11-13-23)19(25)21-14-18(24)22-20(2,3)4/h6-9,15H,5,10-14H2,1-4H3,(H,21,25)(H,22,24). The average Bonchev–Trinajstić information content (AvgIpc) is 2.65. The Kier molecular flexibility index (Phi) is 7.65. The van der Waals surface area contributed by atoms with E-state index in [0.717, 1.165) is 0 Å². The quantitative estimate of drug-likeness (QED) is 0.689. The Balaban J connectivity index is 1.87. The third-order valence-corrected chi connectivity index (χ3v) is 6.45. The van der Waals surface area contributed by atoms with Gasteiger partial charge in [-0.1, -0.05) is 0 Å². The molecule has 0 aromatic heterocycles. The molecule has 2 amide bonds. The first-order valence-electron chi connectivity index (χ1n) is 9.84. The number of hydrogen-bond acceptors (Lipinski definition) is 5. The maximum absolute atomic E-state index is 12.8. The highest BCUT2D eigenvalue weighted by Gasteiger charge is 2.32. The van der Waals surface area contributed by atoms with Gasteiger partial charge in [0, 0.05) is 24.5 Å². The number of piperidine rings is 1. The van der Waals surface area contributed by atoms with Gasteiger partial charge in [-0.2, -0.15) is 4.31 Å². The molecule has 162 valence electrons. The smallest absolute Gasteiger partial charge is 0.243 e. The summed E-state index contributed by atoms with van der Waals surface area (Å²) < 4.78 is 32.4. The molecule has 1 aromatic rings. The van der Waals surface area contributed by atoms with Gasteiger partial charge in [0.05, 0.1) is 18.0 Å². The molecule has 2 rings (SSSR count). The van der Waals surface area contributed by atoms with Crippen molar-refractivity contribution in [2.45, 2.75) is 51.0 Å². The molecular weight excluding hydrogens is 394 g/mol. The Morgan fingerprint density at radius 3 is 2.24 bits per heavy atom. The number of benzene rings is 1. The Morgan fingerprint density at radius 2 is 1.72 bits per heavy atom. The van der Waals surface area contributed by atoms with Crippen molar-refractivity contribution in [1.29, 1.82) is 0 Å². The topological polar surface area (TPSA) is 105 Å². The van der Waals surface area contributed by atoms with E-state index in [-0.39, 0.29) is 47.8 Å². The molecule has 0 unspecified atom stereocenters. The molecule has 0 aliphatic carbocycles. The summed E-state index contributed by atoms with van der Waals surface area (Å²) in [6.45, 7) is 8.43. The first kappa shape index (κ1) is 23.2. The number of hydrogen-bond donors (Lipinski definition) is 2. The van der Waals surface area contributed by atoms with Gasteiger partial charge in [0.25, 0.3) is 0 Å². The summed E-state index contributed by atoms with van der Waals surface area (Å²) >= 11 is 0. The van der Waals surface area contributed by atoms with E-state index in [0.29, 0.717) is 25.2 Å². The second-order valence-electron chi connectivity index (χ2n) is 8.10. The predicted molar refractivity (Wildman–Crippen MR) is 110 cm³/mol. The van der Waals surface area contributed by atoms with Crippen molar-refractivity contribution < 1.29 is 22.7 Å². The van der Waals surface area contributed by atoms with Gasteiger partial charge >= 0.3 is 0 Å². The Morgan fingerprint density at radius 1 is 1.14 bits per heavy atom. The minimum atomic E-state index is -3.61. The highest BCUT2D eigenvalue weighted by atomic mass is 32.2. The van der Waals surface area contributed by atoms with Crippen LogP contribution in [0.25, 0.3) is 0 Å². The largest absolute Gasteiger partial charge is 0.494 e. The van der Waals surface area contributed by atoms with Gasteiger partial charge in [-0.05, 0) is 64.8 Å². The average molecular weight is 426 g/mol. The van der Waals surface area contributed by atoms with E-state index < -0.39 is 10.0 Å². The van der Waals surface area contributed by atoms with E-state index in [1.807, 2.05) is 27.7 Å². The normalized spacial score (nSPS) is 16.3. The van der Waals surface area contributed by atoms with Gasteiger partial charge in [-0.3, -0.25) is 9.59 Å². The summed E-state index contributed by atoms with van der Waals surface area (Å²) in [6.07, 6.45) is 0.839. The molecule has 1 heterocycles. The molecule has 1 saturated heterocycles. The molecule has 0 bridgehead atoms. The summed E-state index contributed by atoms with van der Waals surface area (Å²) in [7, 11) is -3.61. The van der Waals surface area contributed by atoms with Crippen LogP contribution >= 0.6 is 0 Å². The number of sulfonamides is 1. The van der Waals surface area contributed by atoms with E-state index in [2.05, 4.69) is 10.6 Å². The highest BCUT2D eigenvalue weighted by Crippen LogP contribution is 2.25. The van der Waals surface area contributed by atoms with Crippen LogP contribution in [-0.2, 0) is 19.6 Å². The fraction of sp³-hybridized carbons (Fsp3) is 0.600. The van der Waals surface area contributed by atoms with Crippen molar-refractivity contribution in [3.8, 4) is 5.75 Å². The number of nitrogens with one attached hydrogen (secondary N) is 2. The molecule has 1 aliphatic rings. The van der Waals surface area contributed by atoms with Crippen molar-refractivity contribution in [1.82, 2.24) is 14.9 Å². The predicted octanol–water partition coefficient (Wildman–Crippen LogP) is 1.52. The Bertz CT molecular complexity index is 808. The maximum Gasteiger partial charge on any atom is 0.243 e. The van der Waals surface area contributed by atoms with Gasteiger partial charge < -0.3 is 15.4 Å². The SMILES string of the molecule is CCOc1ccc(S(=O)(=O)N2CCC(C(=O)NCC(=O)NC(C)(C)C)CC2)cc1. The fourth-order valence-corrected chi connectivity index (χ4v) is 4.63. The number of nitrogens with zero attached hydrogens (tertiary/aromatic N) is 1. The monoisotopic (exact) mass is 425 g/mol. The van der Waals surface area contributed by atoms with Crippen LogP contribution in [0.3, 0.4) is 0 Å². The lowest BCUT2D eigenvalue weighted by atomic mass is 9.97. The maximum atomic E-state index is 12.8. The van der Waals surface area contributed by atoms with Crippen molar-refractivity contribution in [2.75, 3.05) is 26.2 Å². The number of carbonyl (C=O) groups is 2. The Hall–Kier alpha value is -2.13. The summed E-state index contributed by atoms with van der Waals surface area (Å²) in [5.74, 6) is -0.143. The summed E-state index contributed by atoms with van der Waals surface area (Å²) in [5.41, 5.74) is -0.359. The molecule has 0 spiro atoms. The van der Waals surface area contributed by atoms with Gasteiger partial charge in [0.1, 0.15) is 5.75 Å². The summed E-state index contributed by atoms with van der Waals surface area (Å²) in [5, 5.41) is 5.43. The second kappa shape index (κ2) is 9.58. The molecule has 29 heavy (non-hydrogen) atoms. The molecule has 0 radical (unpaired) electrons. The van der Waals surface area contributed by atoms with Crippen LogP contribution < -0.4 is 15.4 Å². The van der Waals surface area contributed by atoms with E-state index >= 15 is 0 Å². The lowest BCUT2D eigenvalue weighted by Crippen LogP contribution is -2.48. The van der Waals surface area contributed by atoms with Crippen molar-refractivity contribution >= 4 is 21.8 Å². The molecule has 9 heteroatoms. The summed E-state index contributed by atoms with van der Waals surface area (Å²) in [6, 6.07) is 6.35. The van der Waals surface area contributed by atoms with Gasteiger partial charge in [0.15, 0.2) is 0 Å². The minimum Gasteiger partial charge on any atom is -0.494 e. The number of carbonyl (C=O) groups excluding carboxylic acids is 2. The number of rotatable bonds is 7. The van der Waals surface area contributed by atoms with Crippen molar-refractivity contribution in [3.63, 3.8) is 0 Å². The summed E-state index contributed by atoms with van der Waals surface area (Å²) in [4.78, 5) is 24.4. The zero-order valence-electron chi connectivity index (χ0n) is 17.5. The van der Waals surface area contributed by atoms with Crippen LogP contribution in [0, 0.1) is 5.92 Å². The second-order valence-corrected chi connectivity index (χ2v) is 10.0. The lowest BCUT2D eigenvalue weighted by Gasteiger charge is -2.30. The van der Waals surface area contributed by atoms with Crippen LogP contribution in [-0.4, -0.2) is 56.3 Å². The molecular formula is C20H31N3O5S. The van der Waals surface area contributed by atoms with Crippen molar-refractivity contribution in [3.05, 3.63) is 24.3 Å². The van der Waals surface area contributed by atoms with E-state index in [1.54, 1.807) is 12.1 Å². The minimum absolute atomic E-state index is 0.0825. The van der Waals surface area contributed by atoms with Crippen LogP contribution in [0.4, 0.5) is 0 Å². The molecule has 1 aliphatic heterocycles. The number of ether oxygens (including phenoxy) is 1. The first-order valence-corrected chi connectivity index (χ1v) is 11.3. The molecule has 1 aromatic carbocycles. The van der Waals surface area contributed by atoms with Crippen LogP contribution in [0.5, 0.6) is 5.75 Å². The third kappa shape index (κ3) is 6.71. The van der Waals surface area contributed by atoms with Gasteiger partial charge in [-0.15, -0.1) is 0 Å². The van der Waals surface area contributed by atoms with Crippen LogP contribution in [0.1, 0.15) is 40.5 Å². The molecule has 1 fully saturated rings. The van der Waals surface area contributed by atoms with Gasteiger partial charge in [0.2, 0.25) is 21.8 Å². The number of amides is 2. The molecule has 0 atom stereocenters. The third-order valence-electron chi connectivity index (χ3n) is 4.53. The zero-order valence-corrected chi connectivity index (χ0v) is 18.3. The molecule has 8 nitrogen and oxygen atoms in total. The Labute approximate surface area is 173 Å². The van der Waals surface area contributed by atoms with Crippen LogP contribution in [0.2, 0.25) is 0 Å². The molecule has 2 N–H and O–H groups in total. The van der Waals surface area contributed by atoms with E-state index in [4.69, 9.17) is 4.74 Å². The first-order chi connectivity index (χ1) is 13.5.